The molecule has 0 saturated carbocycles. The monoisotopic (exact) mass is 703 g/mol. The minimum atomic E-state index is 0.325. The average Bonchev–Trinajstić information content (AvgIpc) is 3.78. The summed E-state index contributed by atoms with van der Waals surface area (Å²) in [5, 5.41) is 0. The number of piperidine rings is 3. The molecule has 3 aliphatic rings. The van der Waals surface area contributed by atoms with E-state index in [1.165, 1.54) is 114 Å². The molecule has 0 unspecified atom stereocenters. The normalized spacial score (nSPS) is 22.9. The lowest BCUT2D eigenvalue weighted by atomic mass is 9.93. The van der Waals surface area contributed by atoms with Gasteiger partial charge in [0.1, 0.15) is 0 Å². The molecular weight excluding hydrogens is 625 g/mol. The lowest BCUT2D eigenvalue weighted by Gasteiger charge is -2.41. The predicted octanol–water partition coefficient (Wildman–Crippen LogP) is 9.92. The first-order valence-electron chi connectivity index (χ1n) is 20.5. The number of likely N-dealkylation sites (tertiary alicyclic amines) is 3. The van der Waals surface area contributed by atoms with Gasteiger partial charge in [-0.2, -0.15) is 0 Å². The van der Waals surface area contributed by atoms with Gasteiger partial charge in [-0.25, -0.2) is 0 Å². The Hall–Kier alpha value is -2.28. The van der Waals surface area contributed by atoms with Crippen molar-refractivity contribution in [2.24, 2.45) is 17.8 Å². The molecule has 3 atom stereocenters. The zero-order valence-electron chi connectivity index (χ0n) is 35.2. The van der Waals surface area contributed by atoms with Crippen molar-refractivity contribution < 1.29 is 0 Å². The fraction of sp³-hybridized carbons (Fsp3) is 0.733. The van der Waals surface area contributed by atoms with Gasteiger partial charge in [-0.1, -0.05) is 0 Å². The second kappa shape index (κ2) is 18.2. The summed E-state index contributed by atoms with van der Waals surface area (Å²) in [6, 6.07) is 6.60. The molecule has 51 heavy (non-hydrogen) atoms. The van der Waals surface area contributed by atoms with Crippen LogP contribution in [0.4, 0.5) is 0 Å². The molecule has 6 nitrogen and oxygen atoms in total. The molecule has 3 aromatic heterocycles. The molecule has 0 bridgehead atoms. The van der Waals surface area contributed by atoms with Crippen LogP contribution in [0.2, 0.25) is 0 Å². The van der Waals surface area contributed by atoms with Gasteiger partial charge in [0.25, 0.3) is 0 Å². The van der Waals surface area contributed by atoms with Crippen molar-refractivity contribution in [2.45, 2.75) is 158 Å². The minimum absolute atomic E-state index is 0.325. The minimum Gasteiger partial charge on any atom is -0.354 e. The molecule has 6 rings (SSSR count). The lowest BCUT2D eigenvalue weighted by Crippen LogP contribution is -2.47. The third-order valence-electron chi connectivity index (χ3n) is 11.5. The average molecular weight is 703 g/mol. The summed E-state index contributed by atoms with van der Waals surface area (Å²) >= 11 is 0. The first kappa shape index (κ1) is 41.5. The van der Waals surface area contributed by atoms with Gasteiger partial charge in [0.15, 0.2) is 0 Å². The van der Waals surface area contributed by atoms with Crippen molar-refractivity contribution in [1.82, 2.24) is 28.4 Å². The van der Waals surface area contributed by atoms with Crippen LogP contribution in [-0.4, -0.2) is 84.3 Å². The SMILES string of the molecule is Cc1ccn(C[C@@H]2CCCN(C(C)(C)C)C2)c1.Cc1ccn(C[C@H]2CCCN(C(C)(C)C)C2)c1.Cc1ccn(C[C@H]2CCCN(C(C)(C)C)C2)c1. The first-order valence-corrected chi connectivity index (χ1v) is 20.5. The van der Waals surface area contributed by atoms with Crippen LogP contribution in [0.25, 0.3) is 0 Å². The van der Waals surface area contributed by atoms with E-state index in [-0.39, 0.29) is 0 Å². The maximum Gasteiger partial charge on any atom is 0.0260 e. The number of nitrogens with zero attached hydrogens (tertiary/aromatic N) is 6. The number of aromatic nitrogens is 3. The number of rotatable bonds is 6. The standard InChI is InChI=1S/3C15H26N2/c3*1-13-7-9-16(10-13)11-14-6-5-8-17(12-14)15(2,3)4/h3*7,9-10,14H,5-6,8,11-12H2,1-4H3/t3*14-/m110/s1. The first-order chi connectivity index (χ1) is 23.8. The third kappa shape index (κ3) is 13.9. The molecule has 0 spiro atoms. The molecule has 3 aliphatic heterocycles. The summed E-state index contributed by atoms with van der Waals surface area (Å²) in [6.45, 7) is 38.6. The van der Waals surface area contributed by atoms with E-state index in [9.17, 15) is 0 Å². The van der Waals surface area contributed by atoms with E-state index < -0.39 is 0 Å². The van der Waals surface area contributed by atoms with Crippen molar-refractivity contribution in [3.63, 3.8) is 0 Å². The summed E-state index contributed by atoms with van der Waals surface area (Å²) in [4.78, 5) is 7.91. The van der Waals surface area contributed by atoms with Crippen LogP contribution in [0.3, 0.4) is 0 Å². The van der Waals surface area contributed by atoms with E-state index in [0.717, 1.165) is 17.8 Å². The van der Waals surface area contributed by atoms with Gasteiger partial charge in [-0.3, -0.25) is 14.7 Å². The Balaban J connectivity index is 0.000000172. The van der Waals surface area contributed by atoms with E-state index in [0.29, 0.717) is 16.6 Å². The topological polar surface area (TPSA) is 24.5 Å². The molecule has 0 radical (unpaired) electrons. The van der Waals surface area contributed by atoms with Crippen molar-refractivity contribution in [2.75, 3.05) is 39.3 Å². The number of hydrogen-bond donors (Lipinski definition) is 0. The Labute approximate surface area is 314 Å². The lowest BCUT2D eigenvalue weighted by molar-refractivity contribution is 0.0734. The summed E-state index contributed by atoms with van der Waals surface area (Å²) in [6.07, 6.45) is 21.6. The molecule has 6 heterocycles. The summed E-state index contributed by atoms with van der Waals surface area (Å²) in [7, 11) is 0. The highest BCUT2D eigenvalue weighted by Gasteiger charge is 2.30. The van der Waals surface area contributed by atoms with Gasteiger partial charge in [0.2, 0.25) is 0 Å². The molecule has 0 aliphatic carbocycles. The Bertz CT molecular complexity index is 1250. The van der Waals surface area contributed by atoms with E-state index in [1.807, 2.05) is 0 Å². The third-order valence-corrected chi connectivity index (χ3v) is 11.5. The van der Waals surface area contributed by atoms with Crippen molar-refractivity contribution in [1.29, 1.82) is 0 Å². The summed E-state index contributed by atoms with van der Waals surface area (Å²) < 4.78 is 7.06. The molecule has 6 heteroatoms. The second-order valence-corrected chi connectivity index (χ2v) is 19.5. The Morgan fingerprint density at radius 2 is 0.706 bits per heavy atom. The Kier molecular flexibility index (Phi) is 14.8. The van der Waals surface area contributed by atoms with Gasteiger partial charge in [-0.05, 0) is 194 Å². The molecular formula is C45H78N6. The van der Waals surface area contributed by atoms with Gasteiger partial charge in [0.05, 0.1) is 0 Å². The number of hydrogen-bond acceptors (Lipinski definition) is 3. The largest absolute Gasteiger partial charge is 0.354 e. The van der Waals surface area contributed by atoms with Crippen LogP contribution in [0.1, 0.15) is 118 Å². The van der Waals surface area contributed by atoms with Gasteiger partial charge < -0.3 is 13.7 Å². The van der Waals surface area contributed by atoms with Crippen LogP contribution in [-0.2, 0) is 19.6 Å². The van der Waals surface area contributed by atoms with Crippen LogP contribution in [0.5, 0.6) is 0 Å². The molecule has 0 amide bonds. The molecule has 0 aromatic carbocycles. The van der Waals surface area contributed by atoms with E-state index >= 15 is 0 Å². The second-order valence-electron chi connectivity index (χ2n) is 19.5. The molecule has 3 saturated heterocycles. The van der Waals surface area contributed by atoms with E-state index in [1.54, 1.807) is 0 Å². The zero-order chi connectivity index (χ0) is 37.4. The van der Waals surface area contributed by atoms with Crippen LogP contribution >= 0.6 is 0 Å². The van der Waals surface area contributed by atoms with Crippen molar-refractivity contribution in [3.05, 3.63) is 72.1 Å². The molecule has 0 N–H and O–H groups in total. The highest BCUT2D eigenvalue weighted by atomic mass is 15.2. The maximum atomic E-state index is 2.64. The zero-order valence-corrected chi connectivity index (χ0v) is 35.2. The highest BCUT2D eigenvalue weighted by molar-refractivity contribution is 5.08. The Morgan fingerprint density at radius 3 is 0.902 bits per heavy atom. The number of aryl methyl sites for hydroxylation is 3. The van der Waals surface area contributed by atoms with Gasteiger partial charge in [0, 0.05) is 93.1 Å². The predicted molar refractivity (Wildman–Crippen MR) is 220 cm³/mol. The summed E-state index contributed by atoms with van der Waals surface area (Å²) in [5.74, 6) is 2.44. The van der Waals surface area contributed by atoms with Crippen LogP contribution < -0.4 is 0 Å². The van der Waals surface area contributed by atoms with E-state index in [2.05, 4.69) is 167 Å². The fourth-order valence-electron chi connectivity index (χ4n) is 8.39. The van der Waals surface area contributed by atoms with Gasteiger partial charge >= 0.3 is 0 Å². The Morgan fingerprint density at radius 1 is 0.451 bits per heavy atom. The highest BCUT2D eigenvalue weighted by Crippen LogP contribution is 2.27. The van der Waals surface area contributed by atoms with Crippen molar-refractivity contribution in [3.8, 4) is 0 Å². The fourth-order valence-corrected chi connectivity index (χ4v) is 8.39. The van der Waals surface area contributed by atoms with Gasteiger partial charge in [-0.15, -0.1) is 0 Å². The quantitative estimate of drug-likeness (QED) is 0.256. The smallest absolute Gasteiger partial charge is 0.0260 e. The van der Waals surface area contributed by atoms with E-state index in [4.69, 9.17) is 0 Å². The van der Waals surface area contributed by atoms with Crippen LogP contribution in [0, 0.1) is 38.5 Å². The van der Waals surface area contributed by atoms with Crippen LogP contribution in [0.15, 0.2) is 55.4 Å². The molecule has 3 fully saturated rings. The molecule has 288 valence electrons. The molecule has 3 aromatic rings. The summed E-state index contributed by atoms with van der Waals surface area (Å²) in [5.41, 5.74) is 5.08. The maximum absolute atomic E-state index is 2.64. The van der Waals surface area contributed by atoms with Crippen molar-refractivity contribution >= 4 is 0 Å².